The van der Waals surface area contributed by atoms with Gasteiger partial charge < -0.3 is 10.8 Å². The van der Waals surface area contributed by atoms with Gasteiger partial charge in [0.1, 0.15) is 5.82 Å². The van der Waals surface area contributed by atoms with Gasteiger partial charge >= 0.3 is 5.97 Å². The van der Waals surface area contributed by atoms with Crippen LogP contribution in [0.15, 0.2) is 12.4 Å². The van der Waals surface area contributed by atoms with Crippen molar-refractivity contribution in [3.63, 3.8) is 0 Å². The maximum Gasteiger partial charge on any atom is 0.308 e. The van der Waals surface area contributed by atoms with E-state index in [9.17, 15) is 4.79 Å². The normalized spacial score (nSPS) is 12.4. The molecule has 0 aliphatic heterocycles. The summed E-state index contributed by atoms with van der Waals surface area (Å²) >= 11 is 0. The van der Waals surface area contributed by atoms with E-state index in [0.29, 0.717) is 12.2 Å². The molecule has 0 aliphatic carbocycles. The van der Waals surface area contributed by atoms with E-state index in [1.54, 1.807) is 19.3 Å². The van der Waals surface area contributed by atoms with E-state index in [0.717, 1.165) is 5.56 Å². The van der Waals surface area contributed by atoms with Gasteiger partial charge in [0.15, 0.2) is 0 Å². The monoisotopic (exact) mass is 195 g/mol. The SMILES string of the molecule is Cc1ncc(CC(CN)C(=O)O)cn1. The van der Waals surface area contributed by atoms with E-state index < -0.39 is 11.9 Å². The fourth-order valence-electron chi connectivity index (χ4n) is 1.08. The molecule has 5 heteroatoms. The van der Waals surface area contributed by atoms with Crippen molar-refractivity contribution in [2.45, 2.75) is 13.3 Å². The Balaban J connectivity index is 2.67. The zero-order chi connectivity index (χ0) is 10.6. The molecular formula is C9H13N3O2. The quantitative estimate of drug-likeness (QED) is 0.705. The lowest BCUT2D eigenvalue weighted by molar-refractivity contribution is -0.141. The number of rotatable bonds is 4. The van der Waals surface area contributed by atoms with Crippen LogP contribution in [0.25, 0.3) is 0 Å². The molecule has 14 heavy (non-hydrogen) atoms. The van der Waals surface area contributed by atoms with Crippen LogP contribution >= 0.6 is 0 Å². The maximum absolute atomic E-state index is 10.7. The van der Waals surface area contributed by atoms with Crippen LogP contribution in [-0.4, -0.2) is 27.6 Å². The molecule has 1 rings (SSSR count). The van der Waals surface area contributed by atoms with Crippen molar-refractivity contribution in [1.82, 2.24) is 9.97 Å². The predicted octanol–water partition coefficient (Wildman–Crippen LogP) is -0.0130. The lowest BCUT2D eigenvalue weighted by Crippen LogP contribution is -2.25. The second-order valence-corrected chi connectivity index (χ2v) is 3.11. The molecule has 0 aromatic carbocycles. The van der Waals surface area contributed by atoms with Crippen molar-refractivity contribution in [1.29, 1.82) is 0 Å². The Morgan fingerprint density at radius 2 is 2.14 bits per heavy atom. The lowest BCUT2D eigenvalue weighted by Gasteiger charge is -2.08. The lowest BCUT2D eigenvalue weighted by atomic mass is 10.0. The van der Waals surface area contributed by atoms with Gasteiger partial charge in [-0.1, -0.05) is 0 Å². The maximum atomic E-state index is 10.7. The van der Waals surface area contributed by atoms with Crippen LogP contribution in [0.3, 0.4) is 0 Å². The Morgan fingerprint density at radius 3 is 2.57 bits per heavy atom. The first-order valence-electron chi connectivity index (χ1n) is 4.34. The topological polar surface area (TPSA) is 89.1 Å². The summed E-state index contributed by atoms with van der Waals surface area (Å²) in [6.07, 6.45) is 3.65. The predicted molar refractivity (Wildman–Crippen MR) is 50.7 cm³/mol. The Morgan fingerprint density at radius 1 is 1.57 bits per heavy atom. The third-order valence-corrected chi connectivity index (χ3v) is 1.95. The molecular weight excluding hydrogens is 182 g/mol. The molecule has 0 spiro atoms. The minimum Gasteiger partial charge on any atom is -0.481 e. The van der Waals surface area contributed by atoms with Gasteiger partial charge in [-0.15, -0.1) is 0 Å². The summed E-state index contributed by atoms with van der Waals surface area (Å²) in [4.78, 5) is 18.6. The van der Waals surface area contributed by atoms with Crippen LogP contribution in [0.5, 0.6) is 0 Å². The fourth-order valence-corrected chi connectivity index (χ4v) is 1.08. The van der Waals surface area contributed by atoms with E-state index in [4.69, 9.17) is 10.8 Å². The number of carbonyl (C=O) groups is 1. The second-order valence-electron chi connectivity index (χ2n) is 3.11. The third kappa shape index (κ3) is 2.77. The molecule has 1 aromatic heterocycles. The minimum atomic E-state index is -0.881. The van der Waals surface area contributed by atoms with Crippen molar-refractivity contribution in [2.75, 3.05) is 6.54 Å². The number of hydrogen-bond donors (Lipinski definition) is 2. The molecule has 1 aromatic rings. The molecule has 76 valence electrons. The number of hydrogen-bond acceptors (Lipinski definition) is 4. The molecule has 1 atom stereocenters. The molecule has 0 saturated carbocycles. The number of carboxylic acids is 1. The van der Waals surface area contributed by atoms with E-state index in [1.807, 2.05) is 0 Å². The standard InChI is InChI=1S/C9H13N3O2/c1-6-11-4-7(5-12-6)2-8(3-10)9(13)14/h4-5,8H,2-3,10H2,1H3,(H,13,14). The first kappa shape index (κ1) is 10.6. The van der Waals surface area contributed by atoms with Crippen molar-refractivity contribution in [2.24, 2.45) is 11.7 Å². The summed E-state index contributed by atoms with van der Waals surface area (Å²) in [5, 5.41) is 8.77. The molecule has 0 bridgehead atoms. The molecule has 0 amide bonds. The highest BCUT2D eigenvalue weighted by atomic mass is 16.4. The average Bonchev–Trinajstić information content (AvgIpc) is 2.16. The minimum absolute atomic E-state index is 0.128. The summed E-state index contributed by atoms with van der Waals surface area (Å²) in [6.45, 7) is 1.91. The highest BCUT2D eigenvalue weighted by Crippen LogP contribution is 2.06. The van der Waals surface area contributed by atoms with E-state index in [2.05, 4.69) is 9.97 Å². The molecule has 1 heterocycles. The molecule has 3 N–H and O–H groups in total. The number of aryl methyl sites for hydroxylation is 1. The van der Waals surface area contributed by atoms with Gasteiger partial charge in [-0.25, -0.2) is 9.97 Å². The van der Waals surface area contributed by atoms with Crippen molar-refractivity contribution < 1.29 is 9.90 Å². The first-order valence-corrected chi connectivity index (χ1v) is 4.34. The van der Waals surface area contributed by atoms with Gasteiger partial charge in [-0.2, -0.15) is 0 Å². The molecule has 5 nitrogen and oxygen atoms in total. The molecule has 1 unspecified atom stereocenters. The van der Waals surface area contributed by atoms with Crippen molar-refractivity contribution in [3.05, 3.63) is 23.8 Å². The van der Waals surface area contributed by atoms with E-state index in [-0.39, 0.29) is 6.54 Å². The zero-order valence-corrected chi connectivity index (χ0v) is 7.97. The van der Waals surface area contributed by atoms with Gasteiger partial charge in [-0.05, 0) is 18.9 Å². The Labute approximate surface area is 82.0 Å². The smallest absolute Gasteiger partial charge is 0.308 e. The summed E-state index contributed by atoms with van der Waals surface area (Å²) in [7, 11) is 0. The van der Waals surface area contributed by atoms with Crippen LogP contribution in [0, 0.1) is 12.8 Å². The van der Waals surface area contributed by atoms with Crippen LogP contribution in [0.1, 0.15) is 11.4 Å². The highest BCUT2D eigenvalue weighted by Gasteiger charge is 2.15. The van der Waals surface area contributed by atoms with Crippen LogP contribution in [-0.2, 0) is 11.2 Å². The third-order valence-electron chi connectivity index (χ3n) is 1.95. The number of nitrogens with zero attached hydrogens (tertiary/aromatic N) is 2. The molecule has 0 fully saturated rings. The summed E-state index contributed by atoms with van der Waals surface area (Å²) in [6, 6.07) is 0. The Hall–Kier alpha value is -1.49. The highest BCUT2D eigenvalue weighted by molar-refractivity contribution is 5.70. The van der Waals surface area contributed by atoms with Crippen molar-refractivity contribution in [3.8, 4) is 0 Å². The van der Waals surface area contributed by atoms with Crippen LogP contribution in [0.2, 0.25) is 0 Å². The van der Waals surface area contributed by atoms with Gasteiger partial charge in [0.2, 0.25) is 0 Å². The van der Waals surface area contributed by atoms with Crippen LogP contribution < -0.4 is 5.73 Å². The number of aliphatic carboxylic acids is 1. The van der Waals surface area contributed by atoms with E-state index >= 15 is 0 Å². The summed E-state index contributed by atoms with van der Waals surface area (Å²) < 4.78 is 0. The molecule has 0 radical (unpaired) electrons. The Bertz CT molecular complexity index is 310. The fraction of sp³-hybridized carbons (Fsp3) is 0.444. The summed E-state index contributed by atoms with van der Waals surface area (Å²) in [5.74, 6) is -0.761. The van der Waals surface area contributed by atoms with Crippen molar-refractivity contribution >= 4 is 5.97 Å². The number of aromatic nitrogens is 2. The second kappa shape index (κ2) is 4.66. The van der Waals surface area contributed by atoms with Gasteiger partial charge in [0.05, 0.1) is 5.92 Å². The average molecular weight is 195 g/mol. The van der Waals surface area contributed by atoms with E-state index in [1.165, 1.54) is 0 Å². The Kier molecular flexibility index (Phi) is 3.53. The first-order chi connectivity index (χ1) is 6.63. The largest absolute Gasteiger partial charge is 0.481 e. The van der Waals surface area contributed by atoms with Gasteiger partial charge in [0, 0.05) is 18.9 Å². The molecule has 0 saturated heterocycles. The number of carboxylic acid groups (broad SMARTS) is 1. The summed E-state index contributed by atoms with van der Waals surface area (Å²) in [5.41, 5.74) is 6.13. The number of nitrogens with two attached hydrogens (primary N) is 1. The van der Waals surface area contributed by atoms with Gasteiger partial charge in [0.25, 0.3) is 0 Å². The van der Waals surface area contributed by atoms with Crippen LogP contribution in [0.4, 0.5) is 0 Å². The molecule has 0 aliphatic rings. The zero-order valence-electron chi connectivity index (χ0n) is 7.97. The van der Waals surface area contributed by atoms with Gasteiger partial charge in [-0.3, -0.25) is 4.79 Å².